The van der Waals surface area contributed by atoms with Gasteiger partial charge in [0.05, 0.1) is 40.9 Å². The molecule has 0 radical (unpaired) electrons. The van der Waals surface area contributed by atoms with E-state index in [1.165, 1.54) is 6.42 Å². The molecule has 2 aliphatic carbocycles. The van der Waals surface area contributed by atoms with Gasteiger partial charge in [-0.15, -0.1) is 0 Å². The van der Waals surface area contributed by atoms with Gasteiger partial charge < -0.3 is 20.3 Å². The molecule has 0 amide bonds. The van der Waals surface area contributed by atoms with Crippen LogP contribution in [-0.2, 0) is 14.3 Å². The Labute approximate surface area is 213 Å². The first kappa shape index (κ1) is 26.2. The molecule has 4 atom stereocenters. The zero-order valence-electron chi connectivity index (χ0n) is 21.5. The second kappa shape index (κ2) is 10.3. The number of carboxylic acid groups (broad SMARTS) is 2. The SMILES string of the molecule is CC1=C(C(=O)O)C(c2cccc(C#N)c2)C(C(=O)O)C(C)(C2(C(C)OC3CCCCC3)CCCC2)N1. The average molecular weight is 495 g/mol. The average Bonchev–Trinajstić information content (AvgIpc) is 3.36. The van der Waals surface area contributed by atoms with E-state index < -0.39 is 34.7 Å². The third kappa shape index (κ3) is 4.41. The molecule has 2 fully saturated rings. The Balaban J connectivity index is 1.86. The number of rotatable bonds is 7. The van der Waals surface area contributed by atoms with E-state index in [2.05, 4.69) is 18.3 Å². The van der Waals surface area contributed by atoms with E-state index in [0.29, 0.717) is 16.8 Å². The summed E-state index contributed by atoms with van der Waals surface area (Å²) in [6, 6.07) is 8.82. The lowest BCUT2D eigenvalue weighted by Gasteiger charge is -2.57. The summed E-state index contributed by atoms with van der Waals surface area (Å²) in [5.41, 5.74) is 0.00245. The number of carboxylic acids is 2. The fourth-order valence-corrected chi connectivity index (χ4v) is 7.52. The van der Waals surface area contributed by atoms with Crippen molar-refractivity contribution in [2.75, 3.05) is 0 Å². The minimum absolute atomic E-state index is 0.0453. The maximum absolute atomic E-state index is 13.1. The molecule has 0 saturated heterocycles. The number of allylic oxidation sites excluding steroid dienone is 1. The number of nitrogens with one attached hydrogen (secondary N) is 1. The molecule has 1 heterocycles. The number of nitrogens with zero attached hydrogens (tertiary/aromatic N) is 1. The Hall–Kier alpha value is -2.85. The summed E-state index contributed by atoms with van der Waals surface area (Å²) in [6.45, 7) is 5.78. The van der Waals surface area contributed by atoms with Gasteiger partial charge in [-0.1, -0.05) is 44.2 Å². The lowest BCUT2D eigenvalue weighted by molar-refractivity contribution is -0.160. The van der Waals surface area contributed by atoms with E-state index in [9.17, 15) is 25.1 Å². The Bertz CT molecular complexity index is 1080. The molecule has 1 aromatic rings. The molecule has 4 rings (SSSR count). The van der Waals surface area contributed by atoms with E-state index in [-0.39, 0.29) is 17.8 Å². The standard InChI is InChI=1S/C29H38N2O5/c1-18-23(26(32)33)24(21-11-9-10-20(16-21)17-30)25(27(34)35)28(3,31-18)29(14-7-8-15-29)19(2)36-22-12-5-4-6-13-22/h9-11,16,19,22,24-25,31H,4-8,12-15H2,1-3H3,(H,32,33)(H,34,35). The predicted octanol–water partition coefficient (Wildman–Crippen LogP) is 5.36. The molecule has 194 valence electrons. The largest absolute Gasteiger partial charge is 0.481 e. The molecule has 1 aromatic carbocycles. The van der Waals surface area contributed by atoms with Gasteiger partial charge in [0.2, 0.25) is 0 Å². The number of hydrogen-bond acceptors (Lipinski definition) is 5. The topological polar surface area (TPSA) is 120 Å². The van der Waals surface area contributed by atoms with Crippen molar-refractivity contribution in [3.8, 4) is 6.07 Å². The Morgan fingerprint density at radius 1 is 1.14 bits per heavy atom. The molecular weight excluding hydrogens is 456 g/mol. The van der Waals surface area contributed by atoms with Crippen molar-refractivity contribution in [3.05, 3.63) is 46.7 Å². The molecule has 1 aliphatic heterocycles. The van der Waals surface area contributed by atoms with Crippen molar-refractivity contribution in [1.82, 2.24) is 5.32 Å². The van der Waals surface area contributed by atoms with Crippen molar-refractivity contribution >= 4 is 11.9 Å². The smallest absolute Gasteiger partial charge is 0.333 e. The summed E-state index contributed by atoms with van der Waals surface area (Å²) in [7, 11) is 0. The highest BCUT2D eigenvalue weighted by atomic mass is 16.5. The molecule has 4 unspecified atom stereocenters. The van der Waals surface area contributed by atoms with E-state index in [0.717, 1.165) is 51.4 Å². The van der Waals surface area contributed by atoms with Crippen LogP contribution >= 0.6 is 0 Å². The molecule has 0 spiro atoms. The summed E-state index contributed by atoms with van der Waals surface area (Å²) in [6.07, 6.45) is 9.16. The molecular formula is C29H38N2O5. The fourth-order valence-electron chi connectivity index (χ4n) is 7.52. The molecule has 3 aliphatic rings. The number of hydrogen-bond donors (Lipinski definition) is 3. The zero-order valence-corrected chi connectivity index (χ0v) is 21.5. The van der Waals surface area contributed by atoms with Crippen LogP contribution in [0.4, 0.5) is 0 Å². The summed E-state index contributed by atoms with van der Waals surface area (Å²) in [5.74, 6) is -4.15. The highest BCUT2D eigenvalue weighted by Gasteiger charge is 2.63. The van der Waals surface area contributed by atoms with E-state index >= 15 is 0 Å². The van der Waals surface area contributed by atoms with Gasteiger partial charge in [-0.2, -0.15) is 5.26 Å². The van der Waals surface area contributed by atoms with Crippen molar-refractivity contribution in [2.45, 2.75) is 102 Å². The zero-order chi connectivity index (χ0) is 26.1. The minimum atomic E-state index is -1.15. The first-order chi connectivity index (χ1) is 17.1. The van der Waals surface area contributed by atoms with Crippen molar-refractivity contribution < 1.29 is 24.5 Å². The van der Waals surface area contributed by atoms with Gasteiger partial charge in [0.1, 0.15) is 0 Å². The Morgan fingerprint density at radius 3 is 2.39 bits per heavy atom. The second-order valence-electron chi connectivity index (χ2n) is 11.1. The quantitative estimate of drug-likeness (QED) is 0.467. The van der Waals surface area contributed by atoms with Crippen LogP contribution in [0.2, 0.25) is 0 Å². The molecule has 36 heavy (non-hydrogen) atoms. The highest BCUT2D eigenvalue weighted by molar-refractivity contribution is 5.92. The molecule has 0 aromatic heterocycles. The fraction of sp³-hybridized carbons (Fsp3) is 0.621. The van der Waals surface area contributed by atoms with E-state index in [1.807, 2.05) is 6.92 Å². The van der Waals surface area contributed by atoms with E-state index in [4.69, 9.17) is 4.74 Å². The first-order valence-corrected chi connectivity index (χ1v) is 13.2. The Morgan fingerprint density at radius 2 is 1.81 bits per heavy atom. The van der Waals surface area contributed by atoms with Gasteiger partial charge in [0.15, 0.2) is 0 Å². The lowest BCUT2D eigenvalue weighted by Crippen LogP contribution is -2.68. The molecule has 3 N–H and O–H groups in total. The molecule has 0 bridgehead atoms. The van der Waals surface area contributed by atoms with Crippen LogP contribution in [0.1, 0.15) is 95.6 Å². The molecule has 7 nitrogen and oxygen atoms in total. The maximum Gasteiger partial charge on any atom is 0.333 e. The van der Waals surface area contributed by atoms with Gasteiger partial charge in [0, 0.05) is 17.0 Å². The second-order valence-corrected chi connectivity index (χ2v) is 11.1. The summed E-state index contributed by atoms with van der Waals surface area (Å²) < 4.78 is 6.70. The number of benzene rings is 1. The van der Waals surface area contributed by atoms with Gasteiger partial charge >= 0.3 is 11.9 Å². The summed E-state index contributed by atoms with van der Waals surface area (Å²) in [4.78, 5) is 25.6. The van der Waals surface area contributed by atoms with Crippen LogP contribution in [0.15, 0.2) is 35.5 Å². The summed E-state index contributed by atoms with van der Waals surface area (Å²) in [5, 5.41) is 33.9. The lowest BCUT2D eigenvalue weighted by atomic mass is 9.54. The van der Waals surface area contributed by atoms with Crippen LogP contribution in [0.25, 0.3) is 0 Å². The highest BCUT2D eigenvalue weighted by Crippen LogP contribution is 2.58. The van der Waals surface area contributed by atoms with Crippen LogP contribution in [-0.4, -0.2) is 39.9 Å². The van der Waals surface area contributed by atoms with Gasteiger partial charge in [0.25, 0.3) is 0 Å². The van der Waals surface area contributed by atoms with Crippen LogP contribution < -0.4 is 5.32 Å². The number of carbonyl (C=O) groups is 2. The number of aliphatic carboxylic acids is 2. The van der Waals surface area contributed by atoms with Crippen LogP contribution in [0.5, 0.6) is 0 Å². The normalized spacial score (nSPS) is 29.3. The van der Waals surface area contributed by atoms with Gasteiger partial charge in [-0.25, -0.2) is 4.79 Å². The van der Waals surface area contributed by atoms with Crippen LogP contribution in [0, 0.1) is 22.7 Å². The van der Waals surface area contributed by atoms with Gasteiger partial charge in [-0.05, 0) is 64.2 Å². The Kier molecular flexibility index (Phi) is 7.47. The third-order valence-corrected chi connectivity index (χ3v) is 9.25. The number of ether oxygens (including phenoxy) is 1. The minimum Gasteiger partial charge on any atom is -0.481 e. The van der Waals surface area contributed by atoms with Crippen molar-refractivity contribution in [2.24, 2.45) is 11.3 Å². The van der Waals surface area contributed by atoms with Crippen LogP contribution in [0.3, 0.4) is 0 Å². The first-order valence-electron chi connectivity index (χ1n) is 13.2. The molecule has 2 saturated carbocycles. The molecule has 7 heteroatoms. The number of nitriles is 1. The third-order valence-electron chi connectivity index (χ3n) is 9.25. The maximum atomic E-state index is 13.1. The van der Waals surface area contributed by atoms with Crippen molar-refractivity contribution in [3.63, 3.8) is 0 Å². The summed E-state index contributed by atoms with van der Waals surface area (Å²) >= 11 is 0. The van der Waals surface area contributed by atoms with Crippen molar-refractivity contribution in [1.29, 1.82) is 5.26 Å². The van der Waals surface area contributed by atoms with Gasteiger partial charge in [-0.3, -0.25) is 4.79 Å². The van der Waals surface area contributed by atoms with E-state index in [1.54, 1.807) is 31.2 Å². The monoisotopic (exact) mass is 494 g/mol. The predicted molar refractivity (Wildman–Crippen MR) is 135 cm³/mol.